The van der Waals surface area contributed by atoms with Gasteiger partial charge in [-0.2, -0.15) is 0 Å². The standard InChI is InChI=1S/C11H14IN/c1-7-2-5-9(12)6-10(7)11(13)8-3-4-8/h2,5-6,8,11H,3-4,13H2,1H3. The molecule has 1 aromatic rings. The highest BCUT2D eigenvalue weighted by Crippen LogP contribution is 2.40. The van der Waals surface area contributed by atoms with E-state index in [0.717, 1.165) is 5.92 Å². The Morgan fingerprint density at radius 3 is 2.77 bits per heavy atom. The Hall–Kier alpha value is -0.0900. The normalized spacial score (nSPS) is 18.7. The van der Waals surface area contributed by atoms with E-state index in [9.17, 15) is 0 Å². The highest BCUT2D eigenvalue weighted by Gasteiger charge is 2.30. The second kappa shape index (κ2) is 3.58. The van der Waals surface area contributed by atoms with Crippen LogP contribution in [0.1, 0.15) is 30.0 Å². The van der Waals surface area contributed by atoms with Crippen molar-refractivity contribution in [3.63, 3.8) is 0 Å². The summed E-state index contributed by atoms with van der Waals surface area (Å²) in [4.78, 5) is 0. The first-order valence-electron chi connectivity index (χ1n) is 4.70. The third kappa shape index (κ3) is 2.05. The monoisotopic (exact) mass is 287 g/mol. The molecule has 0 aromatic heterocycles. The van der Waals surface area contributed by atoms with Gasteiger partial charge in [0.1, 0.15) is 0 Å². The first-order valence-corrected chi connectivity index (χ1v) is 5.78. The maximum atomic E-state index is 6.17. The summed E-state index contributed by atoms with van der Waals surface area (Å²) in [7, 11) is 0. The van der Waals surface area contributed by atoms with E-state index in [2.05, 4.69) is 47.7 Å². The Kier molecular flexibility index (Phi) is 2.60. The van der Waals surface area contributed by atoms with Crippen molar-refractivity contribution < 1.29 is 0 Å². The quantitative estimate of drug-likeness (QED) is 0.831. The van der Waals surface area contributed by atoms with E-state index in [1.807, 2.05) is 0 Å². The zero-order valence-corrected chi connectivity index (χ0v) is 9.91. The van der Waals surface area contributed by atoms with E-state index in [4.69, 9.17) is 5.73 Å². The average molecular weight is 287 g/mol. The summed E-state index contributed by atoms with van der Waals surface area (Å²) in [6.45, 7) is 2.15. The van der Waals surface area contributed by atoms with Gasteiger partial charge in [0.25, 0.3) is 0 Å². The molecule has 1 saturated carbocycles. The summed E-state index contributed by atoms with van der Waals surface area (Å²) < 4.78 is 1.29. The molecule has 1 fully saturated rings. The van der Waals surface area contributed by atoms with Crippen molar-refractivity contribution in [1.29, 1.82) is 0 Å². The SMILES string of the molecule is Cc1ccc(I)cc1C(N)C1CC1. The van der Waals surface area contributed by atoms with Gasteiger partial charge >= 0.3 is 0 Å². The van der Waals surface area contributed by atoms with Gasteiger partial charge < -0.3 is 5.73 Å². The smallest absolute Gasteiger partial charge is 0.0326 e. The van der Waals surface area contributed by atoms with Crippen molar-refractivity contribution in [2.75, 3.05) is 0 Å². The number of rotatable bonds is 2. The van der Waals surface area contributed by atoms with Gasteiger partial charge in [0.05, 0.1) is 0 Å². The van der Waals surface area contributed by atoms with Crippen LogP contribution in [0.4, 0.5) is 0 Å². The molecule has 0 amide bonds. The molecular weight excluding hydrogens is 273 g/mol. The molecule has 2 N–H and O–H groups in total. The molecule has 0 heterocycles. The van der Waals surface area contributed by atoms with Crippen LogP contribution >= 0.6 is 22.6 Å². The van der Waals surface area contributed by atoms with Crippen molar-refractivity contribution in [2.45, 2.75) is 25.8 Å². The zero-order chi connectivity index (χ0) is 9.42. The molecule has 1 atom stereocenters. The Morgan fingerprint density at radius 1 is 1.46 bits per heavy atom. The maximum absolute atomic E-state index is 6.17. The van der Waals surface area contributed by atoms with E-state index < -0.39 is 0 Å². The summed E-state index contributed by atoms with van der Waals surface area (Å²) >= 11 is 2.34. The molecule has 1 nitrogen and oxygen atoms in total. The fourth-order valence-electron chi connectivity index (χ4n) is 1.68. The van der Waals surface area contributed by atoms with Crippen molar-refractivity contribution in [1.82, 2.24) is 0 Å². The molecule has 1 aromatic carbocycles. The molecular formula is C11H14IN. The number of hydrogen-bond donors (Lipinski definition) is 1. The van der Waals surface area contributed by atoms with Gasteiger partial charge in [-0.25, -0.2) is 0 Å². The Morgan fingerprint density at radius 2 is 2.15 bits per heavy atom. The Labute approximate surface area is 92.9 Å². The van der Waals surface area contributed by atoms with Crippen LogP contribution in [0, 0.1) is 16.4 Å². The molecule has 0 radical (unpaired) electrons. The zero-order valence-electron chi connectivity index (χ0n) is 7.76. The molecule has 0 spiro atoms. The van der Waals surface area contributed by atoms with E-state index >= 15 is 0 Å². The van der Waals surface area contributed by atoms with Crippen LogP contribution in [0.15, 0.2) is 18.2 Å². The number of hydrogen-bond acceptors (Lipinski definition) is 1. The van der Waals surface area contributed by atoms with E-state index in [1.165, 1.54) is 27.5 Å². The highest BCUT2D eigenvalue weighted by atomic mass is 127. The van der Waals surface area contributed by atoms with Gasteiger partial charge in [0, 0.05) is 9.61 Å². The van der Waals surface area contributed by atoms with Crippen LogP contribution in [0.25, 0.3) is 0 Å². The number of nitrogens with two attached hydrogens (primary N) is 1. The molecule has 1 unspecified atom stereocenters. The fourth-order valence-corrected chi connectivity index (χ4v) is 2.20. The minimum Gasteiger partial charge on any atom is -0.324 e. The topological polar surface area (TPSA) is 26.0 Å². The molecule has 1 aliphatic rings. The predicted octanol–water partition coefficient (Wildman–Crippen LogP) is 3.01. The van der Waals surface area contributed by atoms with Crippen molar-refractivity contribution in [3.05, 3.63) is 32.9 Å². The molecule has 70 valence electrons. The predicted molar refractivity (Wildman–Crippen MR) is 63.5 cm³/mol. The van der Waals surface area contributed by atoms with Crippen molar-refractivity contribution in [2.24, 2.45) is 11.7 Å². The van der Waals surface area contributed by atoms with E-state index in [0.29, 0.717) is 0 Å². The van der Waals surface area contributed by atoms with Crippen molar-refractivity contribution >= 4 is 22.6 Å². The summed E-state index contributed by atoms with van der Waals surface area (Å²) in [5.41, 5.74) is 8.84. The number of aryl methyl sites for hydroxylation is 1. The number of halogens is 1. The summed E-state index contributed by atoms with van der Waals surface area (Å²) in [6.07, 6.45) is 2.62. The average Bonchev–Trinajstić information content (AvgIpc) is 2.91. The summed E-state index contributed by atoms with van der Waals surface area (Å²) in [5, 5.41) is 0. The minimum atomic E-state index is 0.273. The Balaban J connectivity index is 2.31. The van der Waals surface area contributed by atoms with Gasteiger partial charge in [0.2, 0.25) is 0 Å². The minimum absolute atomic E-state index is 0.273. The lowest BCUT2D eigenvalue weighted by atomic mass is 9.99. The van der Waals surface area contributed by atoms with Gasteiger partial charge in [-0.3, -0.25) is 0 Å². The highest BCUT2D eigenvalue weighted by molar-refractivity contribution is 14.1. The molecule has 13 heavy (non-hydrogen) atoms. The van der Waals surface area contributed by atoms with Crippen LogP contribution in [0.2, 0.25) is 0 Å². The molecule has 0 bridgehead atoms. The molecule has 1 aliphatic carbocycles. The van der Waals surface area contributed by atoms with Gasteiger partial charge in [-0.05, 0) is 71.5 Å². The number of benzene rings is 1. The fraction of sp³-hybridized carbons (Fsp3) is 0.455. The lowest BCUT2D eigenvalue weighted by Gasteiger charge is -2.13. The molecule has 0 saturated heterocycles. The van der Waals surface area contributed by atoms with Gasteiger partial charge in [-0.1, -0.05) is 6.07 Å². The first kappa shape index (κ1) is 9.46. The third-order valence-corrected chi connectivity index (χ3v) is 3.40. The first-order chi connectivity index (χ1) is 6.18. The van der Waals surface area contributed by atoms with Gasteiger partial charge in [0.15, 0.2) is 0 Å². The lowest BCUT2D eigenvalue weighted by molar-refractivity contribution is 0.629. The van der Waals surface area contributed by atoms with Crippen LogP contribution in [0.3, 0.4) is 0 Å². The van der Waals surface area contributed by atoms with Crippen LogP contribution in [0.5, 0.6) is 0 Å². The van der Waals surface area contributed by atoms with E-state index in [-0.39, 0.29) is 6.04 Å². The van der Waals surface area contributed by atoms with Crippen LogP contribution < -0.4 is 5.73 Å². The Bertz CT molecular complexity index is 318. The maximum Gasteiger partial charge on any atom is 0.0326 e. The molecule has 2 rings (SSSR count). The summed E-state index contributed by atoms with van der Waals surface area (Å²) in [6, 6.07) is 6.80. The van der Waals surface area contributed by atoms with Crippen LogP contribution in [-0.2, 0) is 0 Å². The lowest BCUT2D eigenvalue weighted by Crippen LogP contribution is -2.13. The van der Waals surface area contributed by atoms with Crippen LogP contribution in [-0.4, -0.2) is 0 Å². The van der Waals surface area contributed by atoms with E-state index in [1.54, 1.807) is 0 Å². The second-order valence-electron chi connectivity index (χ2n) is 3.86. The summed E-state index contributed by atoms with van der Waals surface area (Å²) in [5.74, 6) is 0.747. The molecule has 0 aliphatic heterocycles. The largest absolute Gasteiger partial charge is 0.324 e. The molecule has 2 heteroatoms. The second-order valence-corrected chi connectivity index (χ2v) is 5.11. The van der Waals surface area contributed by atoms with Gasteiger partial charge in [-0.15, -0.1) is 0 Å². The third-order valence-electron chi connectivity index (χ3n) is 2.73. The van der Waals surface area contributed by atoms with Crippen molar-refractivity contribution in [3.8, 4) is 0 Å².